The number of fused-ring (bicyclic) bond motifs is 3. The zero-order valence-electron chi connectivity index (χ0n) is 22.3. The third-order valence-corrected chi connectivity index (χ3v) is 7.33. The van der Waals surface area contributed by atoms with Crippen LogP contribution in [0.4, 0.5) is 11.4 Å². The number of anilines is 2. The summed E-state index contributed by atoms with van der Waals surface area (Å²) in [6.07, 6.45) is 0. The van der Waals surface area contributed by atoms with E-state index in [1.165, 1.54) is 27.7 Å². The highest BCUT2D eigenvalue weighted by atomic mass is 16.2. The molecule has 0 N–H and O–H groups in total. The molecule has 0 saturated heterocycles. The molecule has 1 aliphatic carbocycles. The van der Waals surface area contributed by atoms with Gasteiger partial charge in [-0.05, 0) is 57.6 Å². The number of nitrogens with zero attached hydrogens (tertiary/aromatic N) is 2. The van der Waals surface area contributed by atoms with E-state index in [1.54, 1.807) is 24.3 Å². The van der Waals surface area contributed by atoms with E-state index in [1.807, 2.05) is 48.5 Å². The summed E-state index contributed by atoms with van der Waals surface area (Å²) >= 11 is 0. The lowest BCUT2D eigenvalue weighted by atomic mass is 9.67. The molecule has 5 rings (SSSR count). The topological polar surface area (TPSA) is 74.8 Å². The third kappa shape index (κ3) is 4.05. The maximum atomic E-state index is 12.2. The number of benzene rings is 4. The number of imide groups is 2. The van der Waals surface area contributed by atoms with Crippen LogP contribution in [0.2, 0.25) is 0 Å². The number of hydrogen-bond acceptors (Lipinski definition) is 4. The van der Waals surface area contributed by atoms with E-state index in [2.05, 4.69) is 24.3 Å². The van der Waals surface area contributed by atoms with E-state index in [0.717, 1.165) is 43.2 Å². The number of amides is 4. The standard InChI is InChI=1S/C33H28N2O4/c1-21(36)34(22(2)37)27-17-13-25(14-18-27)33(26-15-19-28(20-16-26)35(23(3)38)24(4)39)31-11-7-5-9-29(31)30-10-6-8-12-32(30)33/h5-20H,1-4H3. The number of rotatable bonds is 4. The molecule has 4 aromatic rings. The van der Waals surface area contributed by atoms with E-state index in [9.17, 15) is 19.2 Å². The lowest BCUT2D eigenvalue weighted by molar-refractivity contribution is -0.125. The minimum absolute atomic E-state index is 0.349. The van der Waals surface area contributed by atoms with Gasteiger partial charge in [-0.1, -0.05) is 72.8 Å². The highest BCUT2D eigenvalue weighted by Gasteiger charge is 2.46. The van der Waals surface area contributed by atoms with Gasteiger partial charge in [0.2, 0.25) is 23.6 Å². The molecule has 0 fully saturated rings. The molecule has 194 valence electrons. The van der Waals surface area contributed by atoms with E-state index in [4.69, 9.17) is 0 Å². The number of hydrogen-bond donors (Lipinski definition) is 0. The van der Waals surface area contributed by atoms with E-state index in [-0.39, 0.29) is 23.6 Å². The van der Waals surface area contributed by atoms with Gasteiger partial charge >= 0.3 is 0 Å². The largest absolute Gasteiger partial charge is 0.274 e. The van der Waals surface area contributed by atoms with Crippen LogP contribution in [0.15, 0.2) is 97.1 Å². The van der Waals surface area contributed by atoms with Crippen LogP contribution >= 0.6 is 0 Å². The Labute approximate surface area is 227 Å². The Morgan fingerprint density at radius 3 is 1.08 bits per heavy atom. The lowest BCUT2D eigenvalue weighted by Crippen LogP contribution is -2.34. The fraction of sp³-hybridized carbons (Fsp3) is 0.152. The molecule has 0 aromatic heterocycles. The second-order valence-electron chi connectivity index (χ2n) is 9.68. The lowest BCUT2D eigenvalue weighted by Gasteiger charge is -2.34. The van der Waals surface area contributed by atoms with Crippen LogP contribution < -0.4 is 9.80 Å². The molecule has 39 heavy (non-hydrogen) atoms. The van der Waals surface area contributed by atoms with Crippen LogP contribution in [0.3, 0.4) is 0 Å². The molecule has 0 unspecified atom stereocenters. The average Bonchev–Trinajstić information content (AvgIpc) is 3.20. The zero-order chi connectivity index (χ0) is 27.9. The van der Waals surface area contributed by atoms with Crippen LogP contribution in [0.1, 0.15) is 49.9 Å². The maximum absolute atomic E-state index is 12.2. The van der Waals surface area contributed by atoms with Gasteiger partial charge in [0, 0.05) is 27.7 Å². The molecular formula is C33H28N2O4. The molecule has 6 heteroatoms. The van der Waals surface area contributed by atoms with Crippen molar-refractivity contribution < 1.29 is 19.2 Å². The summed E-state index contributed by atoms with van der Waals surface area (Å²) in [6.45, 7) is 5.47. The zero-order valence-corrected chi connectivity index (χ0v) is 22.3. The van der Waals surface area contributed by atoms with Crippen molar-refractivity contribution in [2.75, 3.05) is 9.80 Å². The summed E-state index contributed by atoms with van der Waals surface area (Å²) in [5, 5.41) is 0. The first kappa shape index (κ1) is 25.8. The molecule has 0 bridgehead atoms. The molecular weight excluding hydrogens is 488 g/mol. The van der Waals surface area contributed by atoms with Crippen LogP contribution in [-0.2, 0) is 24.6 Å². The van der Waals surface area contributed by atoms with Crippen molar-refractivity contribution in [3.05, 3.63) is 119 Å². The molecule has 1 aliphatic rings. The average molecular weight is 517 g/mol. The van der Waals surface area contributed by atoms with Crippen LogP contribution in [0.5, 0.6) is 0 Å². The summed E-state index contributed by atoms with van der Waals surface area (Å²) in [4.78, 5) is 51.0. The van der Waals surface area contributed by atoms with Gasteiger partial charge in [-0.25, -0.2) is 0 Å². The SMILES string of the molecule is CC(=O)N(C(C)=O)c1ccc(C2(c3ccc(N(C(C)=O)C(C)=O)cc3)c3ccccc3-c3ccccc32)cc1. The van der Waals surface area contributed by atoms with Gasteiger partial charge in [0.25, 0.3) is 0 Å². The molecule has 0 saturated carbocycles. The molecule has 0 atom stereocenters. The van der Waals surface area contributed by atoms with Gasteiger partial charge in [-0.2, -0.15) is 0 Å². The second-order valence-corrected chi connectivity index (χ2v) is 9.68. The van der Waals surface area contributed by atoms with Crippen molar-refractivity contribution in [2.45, 2.75) is 33.1 Å². The van der Waals surface area contributed by atoms with Crippen molar-refractivity contribution >= 4 is 35.0 Å². The van der Waals surface area contributed by atoms with Crippen molar-refractivity contribution in [3.63, 3.8) is 0 Å². The fourth-order valence-corrected chi connectivity index (χ4v) is 5.92. The summed E-state index contributed by atoms with van der Waals surface area (Å²) in [5.41, 5.74) is 6.63. The van der Waals surface area contributed by atoms with Crippen LogP contribution in [0.25, 0.3) is 11.1 Å². The smallest absolute Gasteiger partial charge is 0.230 e. The first-order valence-electron chi connectivity index (χ1n) is 12.7. The van der Waals surface area contributed by atoms with Gasteiger partial charge in [-0.15, -0.1) is 0 Å². The number of carbonyl (C=O) groups is 4. The maximum Gasteiger partial charge on any atom is 0.230 e. The van der Waals surface area contributed by atoms with Crippen molar-refractivity contribution in [1.29, 1.82) is 0 Å². The molecule has 0 heterocycles. The Bertz CT molecular complexity index is 1470. The predicted octanol–water partition coefficient (Wildman–Crippen LogP) is 5.85. The van der Waals surface area contributed by atoms with E-state index < -0.39 is 5.41 Å². The molecule has 0 radical (unpaired) electrons. The predicted molar refractivity (Wildman–Crippen MR) is 151 cm³/mol. The Kier molecular flexibility index (Phi) is 6.48. The van der Waals surface area contributed by atoms with Crippen LogP contribution in [0, 0.1) is 0 Å². The van der Waals surface area contributed by atoms with E-state index in [0.29, 0.717) is 11.4 Å². The normalized spacial score (nSPS) is 12.7. The summed E-state index contributed by atoms with van der Waals surface area (Å²) in [5.74, 6) is -1.40. The summed E-state index contributed by atoms with van der Waals surface area (Å²) < 4.78 is 0. The Balaban J connectivity index is 1.77. The quantitative estimate of drug-likeness (QED) is 0.300. The van der Waals surface area contributed by atoms with Crippen molar-refractivity contribution in [3.8, 4) is 11.1 Å². The molecule has 4 aromatic carbocycles. The first-order chi connectivity index (χ1) is 18.7. The first-order valence-corrected chi connectivity index (χ1v) is 12.7. The van der Waals surface area contributed by atoms with Gasteiger partial charge in [0.1, 0.15) is 0 Å². The Hall–Kier alpha value is -4.84. The van der Waals surface area contributed by atoms with Crippen molar-refractivity contribution in [1.82, 2.24) is 0 Å². The molecule has 0 aliphatic heterocycles. The fourth-order valence-electron chi connectivity index (χ4n) is 5.92. The van der Waals surface area contributed by atoms with Gasteiger partial charge in [-0.3, -0.25) is 29.0 Å². The number of carbonyl (C=O) groups excluding carboxylic acids is 4. The summed E-state index contributed by atoms with van der Waals surface area (Å²) in [7, 11) is 0. The summed E-state index contributed by atoms with van der Waals surface area (Å²) in [6, 6.07) is 31.5. The molecule has 0 spiro atoms. The highest BCUT2D eigenvalue weighted by molar-refractivity contribution is 6.13. The van der Waals surface area contributed by atoms with E-state index >= 15 is 0 Å². The monoisotopic (exact) mass is 516 g/mol. The van der Waals surface area contributed by atoms with Crippen molar-refractivity contribution in [2.24, 2.45) is 0 Å². The Morgan fingerprint density at radius 2 is 0.769 bits per heavy atom. The Morgan fingerprint density at radius 1 is 0.462 bits per heavy atom. The second kappa shape index (κ2) is 9.80. The van der Waals surface area contributed by atoms with Gasteiger partial charge < -0.3 is 0 Å². The molecule has 6 nitrogen and oxygen atoms in total. The third-order valence-electron chi connectivity index (χ3n) is 7.33. The van der Waals surface area contributed by atoms with Gasteiger partial charge in [0.05, 0.1) is 16.8 Å². The minimum atomic E-state index is -0.710. The highest BCUT2D eigenvalue weighted by Crippen LogP contribution is 2.56. The minimum Gasteiger partial charge on any atom is -0.274 e. The molecule has 4 amide bonds. The van der Waals surface area contributed by atoms with Gasteiger partial charge in [0.15, 0.2) is 0 Å². The van der Waals surface area contributed by atoms with Crippen LogP contribution in [-0.4, -0.2) is 23.6 Å².